The van der Waals surface area contributed by atoms with Gasteiger partial charge < -0.3 is 34.7 Å². The van der Waals surface area contributed by atoms with E-state index in [0.717, 1.165) is 32.1 Å². The van der Waals surface area contributed by atoms with Crippen LogP contribution in [0.4, 0.5) is 0 Å². The van der Waals surface area contributed by atoms with E-state index in [1.165, 1.54) is 77.0 Å². The molecule has 1 aliphatic rings. The maximum absolute atomic E-state index is 12.8. The van der Waals surface area contributed by atoms with E-state index in [9.17, 15) is 29.6 Å². The van der Waals surface area contributed by atoms with Gasteiger partial charge in [-0.25, -0.2) is 4.57 Å². The third kappa shape index (κ3) is 29.1. The quantitative estimate of drug-likeness (QED) is 0.0179. The summed E-state index contributed by atoms with van der Waals surface area (Å²) in [4.78, 5) is 23.1. The minimum absolute atomic E-state index is 0.0285. The maximum Gasteiger partial charge on any atom is 0.472 e. The number of quaternary nitrogens is 1. The molecule has 11 nitrogen and oxygen atoms in total. The molecule has 0 aromatic rings. The largest absolute Gasteiger partial charge is 0.472 e. The number of hydrogen-bond acceptors (Lipinski definition) is 8. The highest BCUT2D eigenvalue weighted by Gasteiger charge is 2.39. The molecular formula is C44H86N2O9P+. The predicted octanol–water partition coefficient (Wildman–Crippen LogP) is 8.78. The van der Waals surface area contributed by atoms with Crippen LogP contribution in [0.1, 0.15) is 162 Å². The standard InChI is InChI=1S/C44H85N2O9P/c1-6-8-10-11-12-13-14-15-16-17-18-19-22-26-33-53-37-39(55-56(51,52)54-34-32-46(3,4)5)36-45-44(50)29-25-21-20-24-28-40-41(43(49)35-42(40)48)31-30-38(47)27-23-9-7-2/h20,24,30-31,38-43,47-49H,6-19,21-23,25-29,32-37H2,1-5H3,(H-,45,50,51,52)/p+1/b24-20-,31-30+/t38-,39?,40+,41+,42-,43+/m0/s1. The second kappa shape index (κ2) is 32.7. The number of phosphoric ester groups is 1. The Labute approximate surface area is 342 Å². The number of carbonyl (C=O) groups excluding carboxylic acids is 1. The first-order chi connectivity index (χ1) is 26.8. The minimum Gasteiger partial charge on any atom is -0.393 e. The first-order valence-corrected chi connectivity index (χ1v) is 24.0. The maximum atomic E-state index is 12.8. The number of nitrogens with one attached hydrogen (secondary N) is 1. The summed E-state index contributed by atoms with van der Waals surface area (Å²) in [5, 5.41) is 34.2. The van der Waals surface area contributed by atoms with Crippen LogP contribution < -0.4 is 5.32 Å². The van der Waals surface area contributed by atoms with E-state index in [4.69, 9.17) is 13.8 Å². The number of unbranched alkanes of at least 4 members (excludes halogenated alkanes) is 16. The number of hydrogen-bond donors (Lipinski definition) is 5. The lowest BCUT2D eigenvalue weighted by molar-refractivity contribution is -0.870. The van der Waals surface area contributed by atoms with Crippen molar-refractivity contribution in [3.8, 4) is 0 Å². The molecular weight excluding hydrogens is 731 g/mol. The predicted molar refractivity (Wildman–Crippen MR) is 228 cm³/mol. The Kier molecular flexibility index (Phi) is 30.9. The fraction of sp³-hybridized carbons (Fsp3) is 0.886. The van der Waals surface area contributed by atoms with Crippen molar-refractivity contribution in [1.29, 1.82) is 0 Å². The Bertz CT molecular complexity index is 1070. The Hall–Kier alpha value is -1.14. The molecule has 2 unspecified atom stereocenters. The molecule has 1 saturated carbocycles. The summed E-state index contributed by atoms with van der Waals surface area (Å²) in [5.74, 6) is -0.525. The topological polar surface area (TPSA) is 155 Å². The second-order valence-electron chi connectivity index (χ2n) is 17.2. The number of nitrogens with zero attached hydrogens (tertiary/aromatic N) is 1. The first-order valence-electron chi connectivity index (χ1n) is 22.5. The van der Waals surface area contributed by atoms with E-state index in [1.807, 2.05) is 39.4 Å². The van der Waals surface area contributed by atoms with Gasteiger partial charge in [0.25, 0.3) is 0 Å². The van der Waals surface area contributed by atoms with Crippen LogP contribution in [0.25, 0.3) is 0 Å². The van der Waals surface area contributed by atoms with E-state index in [2.05, 4.69) is 19.2 Å². The lowest BCUT2D eigenvalue weighted by Gasteiger charge is -2.25. The Morgan fingerprint density at radius 1 is 0.821 bits per heavy atom. The highest BCUT2D eigenvalue weighted by molar-refractivity contribution is 7.47. The zero-order valence-electron chi connectivity index (χ0n) is 36.3. The summed E-state index contributed by atoms with van der Waals surface area (Å²) in [7, 11) is 1.54. The number of ether oxygens (including phenoxy) is 1. The van der Waals surface area contributed by atoms with Crippen LogP contribution in [0.5, 0.6) is 0 Å². The Morgan fingerprint density at radius 3 is 2.02 bits per heavy atom. The van der Waals surface area contributed by atoms with Gasteiger partial charge in [-0.2, -0.15) is 0 Å². The van der Waals surface area contributed by atoms with E-state index >= 15 is 0 Å². The van der Waals surface area contributed by atoms with Crippen LogP contribution in [0.2, 0.25) is 0 Å². The third-order valence-corrected chi connectivity index (χ3v) is 11.8. The summed E-state index contributed by atoms with van der Waals surface area (Å²) >= 11 is 0. The molecule has 0 radical (unpaired) electrons. The zero-order valence-corrected chi connectivity index (χ0v) is 37.2. The van der Waals surface area contributed by atoms with Crippen molar-refractivity contribution in [3.05, 3.63) is 24.3 Å². The summed E-state index contributed by atoms with van der Waals surface area (Å²) in [6.07, 6.45) is 29.2. The van der Waals surface area contributed by atoms with Crippen molar-refractivity contribution < 1.29 is 47.8 Å². The monoisotopic (exact) mass is 818 g/mol. The fourth-order valence-electron chi connectivity index (χ4n) is 7.12. The highest BCUT2D eigenvalue weighted by Crippen LogP contribution is 2.44. The zero-order chi connectivity index (χ0) is 41.5. The van der Waals surface area contributed by atoms with Crippen LogP contribution in [-0.4, -0.2) is 109 Å². The molecule has 7 atom stereocenters. The van der Waals surface area contributed by atoms with Gasteiger partial charge in [0.1, 0.15) is 19.3 Å². The summed E-state index contributed by atoms with van der Waals surface area (Å²) in [6, 6.07) is 0. The van der Waals surface area contributed by atoms with Crippen molar-refractivity contribution in [3.63, 3.8) is 0 Å². The second-order valence-corrected chi connectivity index (χ2v) is 18.6. The van der Waals surface area contributed by atoms with Crippen molar-refractivity contribution in [2.45, 2.75) is 186 Å². The lowest BCUT2D eigenvalue weighted by Crippen LogP contribution is -2.38. The smallest absolute Gasteiger partial charge is 0.393 e. The van der Waals surface area contributed by atoms with Gasteiger partial charge in [-0.3, -0.25) is 13.8 Å². The third-order valence-electron chi connectivity index (χ3n) is 10.7. The molecule has 56 heavy (non-hydrogen) atoms. The molecule has 330 valence electrons. The molecule has 0 aromatic heterocycles. The molecule has 1 aliphatic carbocycles. The summed E-state index contributed by atoms with van der Waals surface area (Å²) in [6.45, 7) is 5.59. The minimum atomic E-state index is -4.36. The molecule has 0 bridgehead atoms. The average molecular weight is 818 g/mol. The number of likely N-dealkylation sites (N-methyl/N-ethyl adjacent to an activating group) is 1. The number of carbonyl (C=O) groups is 1. The van der Waals surface area contributed by atoms with E-state index in [1.54, 1.807) is 6.08 Å². The van der Waals surface area contributed by atoms with Gasteiger partial charge in [0.05, 0.1) is 46.1 Å². The van der Waals surface area contributed by atoms with Gasteiger partial charge in [0.15, 0.2) is 0 Å². The number of aliphatic hydroxyl groups excluding tert-OH is 3. The molecule has 0 aromatic carbocycles. The van der Waals surface area contributed by atoms with E-state index in [-0.39, 0.29) is 43.9 Å². The van der Waals surface area contributed by atoms with Gasteiger partial charge in [0.2, 0.25) is 5.91 Å². The van der Waals surface area contributed by atoms with Crippen LogP contribution in [-0.2, 0) is 23.1 Å². The molecule has 1 fully saturated rings. The van der Waals surface area contributed by atoms with Gasteiger partial charge >= 0.3 is 7.82 Å². The van der Waals surface area contributed by atoms with E-state index in [0.29, 0.717) is 49.7 Å². The van der Waals surface area contributed by atoms with Crippen molar-refractivity contribution in [1.82, 2.24) is 5.32 Å². The van der Waals surface area contributed by atoms with Crippen LogP contribution >= 0.6 is 7.82 Å². The fourth-order valence-corrected chi connectivity index (χ4v) is 8.00. The van der Waals surface area contributed by atoms with Crippen LogP contribution in [0, 0.1) is 11.8 Å². The summed E-state index contributed by atoms with van der Waals surface area (Å²) < 4.78 is 29.9. The van der Waals surface area contributed by atoms with Crippen molar-refractivity contribution in [2.24, 2.45) is 11.8 Å². The van der Waals surface area contributed by atoms with Gasteiger partial charge in [-0.15, -0.1) is 0 Å². The number of phosphoric acid groups is 1. The van der Waals surface area contributed by atoms with Gasteiger partial charge in [-0.05, 0) is 38.0 Å². The lowest BCUT2D eigenvalue weighted by atomic mass is 9.89. The molecule has 0 saturated heterocycles. The highest BCUT2D eigenvalue weighted by atomic mass is 31.2. The molecule has 5 N–H and O–H groups in total. The number of allylic oxidation sites excluding steroid dienone is 2. The number of amides is 1. The molecule has 0 aliphatic heterocycles. The number of aliphatic hydroxyl groups is 3. The SMILES string of the molecule is CCCCCCCCCCCCCCCCOCC(CNC(=O)CCC/C=C\C[C@@H]1[C@@H](/C=C/[C@@H](O)CCCCC)[C@H](O)C[C@@H]1O)OP(=O)(O)OCC[N+](C)(C)C. The van der Waals surface area contributed by atoms with Gasteiger partial charge in [0, 0.05) is 31.9 Å². The average Bonchev–Trinajstić information content (AvgIpc) is 3.40. The molecule has 0 heterocycles. The number of rotatable bonds is 37. The van der Waals surface area contributed by atoms with Gasteiger partial charge in [-0.1, -0.05) is 141 Å². The van der Waals surface area contributed by atoms with Crippen LogP contribution in [0.3, 0.4) is 0 Å². The van der Waals surface area contributed by atoms with Crippen LogP contribution in [0.15, 0.2) is 24.3 Å². The van der Waals surface area contributed by atoms with E-state index < -0.39 is 32.2 Å². The van der Waals surface area contributed by atoms with Crippen molar-refractivity contribution in [2.75, 3.05) is 54.1 Å². The molecule has 1 rings (SSSR count). The first kappa shape index (κ1) is 52.9. The molecule has 12 heteroatoms. The van der Waals surface area contributed by atoms with Crippen molar-refractivity contribution >= 4 is 13.7 Å². The molecule has 1 amide bonds. The summed E-state index contributed by atoms with van der Waals surface area (Å²) in [5.41, 5.74) is 0. The normalized spacial score (nSPS) is 21.2. The Morgan fingerprint density at radius 2 is 1.41 bits per heavy atom. The Balaban J connectivity index is 2.42. The molecule has 0 spiro atoms.